The minimum atomic E-state index is -0.611. The quantitative estimate of drug-likeness (QED) is 0.410. The van der Waals surface area contributed by atoms with Crippen molar-refractivity contribution in [1.82, 2.24) is 0 Å². The van der Waals surface area contributed by atoms with E-state index in [2.05, 4.69) is 12.1 Å². The molecule has 3 aromatic rings. The number of aryl methyl sites for hydroxylation is 1. The molecule has 1 saturated heterocycles. The Morgan fingerprint density at radius 2 is 1.75 bits per heavy atom. The van der Waals surface area contributed by atoms with Crippen molar-refractivity contribution in [3.05, 3.63) is 100.0 Å². The van der Waals surface area contributed by atoms with E-state index in [9.17, 15) is 9.59 Å². The molecule has 160 valence electrons. The average molecular weight is 461 g/mol. The van der Waals surface area contributed by atoms with Gasteiger partial charge < -0.3 is 10.5 Å². The van der Waals surface area contributed by atoms with Gasteiger partial charge in [-0.3, -0.25) is 14.5 Å². The van der Waals surface area contributed by atoms with Crippen molar-refractivity contribution in [3.8, 4) is 5.75 Å². The molecule has 0 saturated carbocycles. The first-order valence-electron chi connectivity index (χ1n) is 9.87. The highest BCUT2D eigenvalue weighted by Crippen LogP contribution is 2.37. The third-order valence-electron chi connectivity index (χ3n) is 4.91. The van der Waals surface area contributed by atoms with Crippen LogP contribution in [0.25, 0.3) is 6.08 Å². The number of benzene rings is 3. The number of amides is 2. The predicted molar refractivity (Wildman–Crippen MR) is 133 cm³/mol. The molecule has 7 heteroatoms. The first-order valence-corrected chi connectivity index (χ1v) is 11.1. The second-order valence-electron chi connectivity index (χ2n) is 7.24. The summed E-state index contributed by atoms with van der Waals surface area (Å²) in [7, 11) is 0. The molecule has 0 aromatic heterocycles. The van der Waals surface area contributed by atoms with E-state index in [1.807, 2.05) is 43.3 Å². The summed E-state index contributed by atoms with van der Waals surface area (Å²) in [4.78, 5) is 26.6. The van der Waals surface area contributed by atoms with Crippen LogP contribution in [0, 0.1) is 6.92 Å². The smallest absolute Gasteiger partial charge is 0.270 e. The number of nitrogens with two attached hydrogens (primary N) is 1. The topological polar surface area (TPSA) is 72.6 Å². The number of hydrogen-bond acceptors (Lipinski definition) is 5. The van der Waals surface area contributed by atoms with Crippen LogP contribution in [0.2, 0.25) is 0 Å². The Kier molecular flexibility index (Phi) is 6.39. The minimum absolute atomic E-state index is 0.250. The lowest BCUT2D eigenvalue weighted by atomic mass is 10.1. The first-order chi connectivity index (χ1) is 15.4. The molecule has 32 heavy (non-hydrogen) atoms. The van der Waals surface area contributed by atoms with Gasteiger partial charge in [0.15, 0.2) is 4.32 Å². The second-order valence-corrected chi connectivity index (χ2v) is 8.92. The number of nitrogens with zero attached hydrogens (tertiary/aromatic N) is 1. The lowest BCUT2D eigenvalue weighted by Gasteiger charge is -2.17. The van der Waals surface area contributed by atoms with Gasteiger partial charge in [0.2, 0.25) is 0 Å². The van der Waals surface area contributed by atoms with Gasteiger partial charge in [0.25, 0.3) is 11.8 Å². The summed E-state index contributed by atoms with van der Waals surface area (Å²) < 4.78 is 6.19. The summed E-state index contributed by atoms with van der Waals surface area (Å²) >= 11 is 6.59. The summed E-state index contributed by atoms with van der Waals surface area (Å²) in [6.45, 7) is 2.53. The van der Waals surface area contributed by atoms with Gasteiger partial charge in [0, 0.05) is 0 Å². The fraction of sp³-hybridized carbons (Fsp3) is 0.0800. The van der Waals surface area contributed by atoms with E-state index in [0.29, 0.717) is 21.5 Å². The van der Waals surface area contributed by atoms with E-state index in [1.165, 1.54) is 22.2 Å². The molecule has 3 aromatic carbocycles. The van der Waals surface area contributed by atoms with Crippen molar-refractivity contribution in [3.63, 3.8) is 0 Å². The molecule has 1 aliphatic rings. The van der Waals surface area contributed by atoms with E-state index in [1.54, 1.807) is 30.3 Å². The Bertz CT molecular complexity index is 1220. The van der Waals surface area contributed by atoms with E-state index < -0.39 is 5.91 Å². The van der Waals surface area contributed by atoms with Crippen molar-refractivity contribution in [2.24, 2.45) is 5.73 Å². The van der Waals surface area contributed by atoms with Crippen molar-refractivity contribution >= 4 is 51.9 Å². The lowest BCUT2D eigenvalue weighted by Crippen LogP contribution is -2.30. The molecule has 5 nitrogen and oxygen atoms in total. The van der Waals surface area contributed by atoms with Crippen LogP contribution in [0.4, 0.5) is 5.69 Å². The summed E-state index contributed by atoms with van der Waals surface area (Å²) in [5, 5.41) is 0. The van der Waals surface area contributed by atoms with E-state index in [-0.39, 0.29) is 11.5 Å². The van der Waals surface area contributed by atoms with Gasteiger partial charge in [-0.1, -0.05) is 78.1 Å². The van der Waals surface area contributed by atoms with Gasteiger partial charge in [-0.05, 0) is 48.4 Å². The van der Waals surface area contributed by atoms with Gasteiger partial charge >= 0.3 is 0 Å². The van der Waals surface area contributed by atoms with Crippen molar-refractivity contribution in [2.75, 3.05) is 4.90 Å². The molecule has 2 amide bonds. The zero-order valence-corrected chi connectivity index (χ0v) is 18.9. The van der Waals surface area contributed by atoms with Gasteiger partial charge in [0.1, 0.15) is 12.4 Å². The normalized spacial score (nSPS) is 14.8. The first kappa shape index (κ1) is 21.8. The summed E-state index contributed by atoms with van der Waals surface area (Å²) in [5.74, 6) is -0.154. The second kappa shape index (κ2) is 9.38. The van der Waals surface area contributed by atoms with Crippen LogP contribution < -0.4 is 15.4 Å². The minimum Gasteiger partial charge on any atom is -0.489 e. The van der Waals surface area contributed by atoms with Crippen LogP contribution in [0.5, 0.6) is 5.75 Å². The molecule has 0 radical (unpaired) electrons. The number of rotatable bonds is 6. The molecular formula is C25H20N2O3S2. The number of carbonyl (C=O) groups is 2. The number of carbonyl (C=O) groups excluding carboxylic acids is 2. The summed E-state index contributed by atoms with van der Waals surface area (Å²) in [5.41, 5.74) is 9.26. The molecule has 1 aliphatic heterocycles. The number of hydrogen-bond donors (Lipinski definition) is 1. The zero-order valence-electron chi connectivity index (χ0n) is 17.3. The number of anilines is 1. The molecule has 2 N–H and O–H groups in total. The van der Waals surface area contributed by atoms with Gasteiger partial charge in [-0.2, -0.15) is 0 Å². The zero-order chi connectivity index (χ0) is 22.7. The number of thioether (sulfide) groups is 1. The highest BCUT2D eigenvalue weighted by atomic mass is 32.2. The number of primary amides is 1. The van der Waals surface area contributed by atoms with Crippen LogP contribution >= 0.6 is 24.0 Å². The fourth-order valence-corrected chi connectivity index (χ4v) is 4.50. The van der Waals surface area contributed by atoms with Crippen LogP contribution in [0.15, 0.2) is 77.7 Å². The van der Waals surface area contributed by atoms with E-state index in [0.717, 1.165) is 16.9 Å². The van der Waals surface area contributed by atoms with Crippen molar-refractivity contribution < 1.29 is 14.3 Å². The Morgan fingerprint density at radius 1 is 1.06 bits per heavy atom. The number of thiocarbonyl (C=S) groups is 1. The molecule has 4 rings (SSSR count). The van der Waals surface area contributed by atoms with Crippen LogP contribution in [0.3, 0.4) is 0 Å². The van der Waals surface area contributed by atoms with E-state index in [4.69, 9.17) is 22.7 Å². The van der Waals surface area contributed by atoms with Gasteiger partial charge in [-0.15, -0.1) is 0 Å². The maximum absolute atomic E-state index is 13.0. The summed E-state index contributed by atoms with van der Waals surface area (Å²) in [6, 6.07) is 22.4. The highest BCUT2D eigenvalue weighted by molar-refractivity contribution is 8.27. The maximum Gasteiger partial charge on any atom is 0.270 e. The Morgan fingerprint density at radius 3 is 2.44 bits per heavy atom. The molecule has 1 heterocycles. The average Bonchev–Trinajstić information content (AvgIpc) is 3.07. The predicted octanol–water partition coefficient (Wildman–Crippen LogP) is 5.08. The monoisotopic (exact) mass is 460 g/mol. The lowest BCUT2D eigenvalue weighted by molar-refractivity contribution is -0.113. The standard InChI is InChI=1S/C25H20N2O3S2/c1-16-6-8-18(9-7-16)15-30-19-12-10-17(11-13-19)14-22-24(29)27(25(31)32-22)21-5-3-2-4-20(21)23(26)28/h2-14H,15H2,1H3,(H2,26,28)/b22-14-. The Balaban J connectivity index is 1.48. The van der Waals surface area contributed by atoms with Gasteiger partial charge in [0.05, 0.1) is 16.2 Å². The molecule has 0 unspecified atom stereocenters. The molecule has 0 spiro atoms. The third-order valence-corrected chi connectivity index (χ3v) is 6.21. The molecule has 0 atom stereocenters. The molecule has 1 fully saturated rings. The number of ether oxygens (including phenoxy) is 1. The Labute approximate surface area is 195 Å². The summed E-state index contributed by atoms with van der Waals surface area (Å²) in [6.07, 6.45) is 1.77. The fourth-order valence-electron chi connectivity index (χ4n) is 3.22. The SMILES string of the molecule is Cc1ccc(COc2ccc(/C=C3\SC(=S)N(c4ccccc4C(N)=O)C3=O)cc2)cc1. The van der Waals surface area contributed by atoms with Crippen LogP contribution in [-0.2, 0) is 11.4 Å². The molecule has 0 bridgehead atoms. The maximum atomic E-state index is 13.0. The highest BCUT2D eigenvalue weighted by Gasteiger charge is 2.35. The molecular weight excluding hydrogens is 440 g/mol. The third kappa shape index (κ3) is 4.74. The molecule has 0 aliphatic carbocycles. The van der Waals surface area contributed by atoms with Crippen molar-refractivity contribution in [1.29, 1.82) is 0 Å². The van der Waals surface area contributed by atoms with Crippen LogP contribution in [0.1, 0.15) is 27.0 Å². The van der Waals surface area contributed by atoms with Gasteiger partial charge in [-0.25, -0.2) is 0 Å². The number of para-hydroxylation sites is 1. The van der Waals surface area contributed by atoms with E-state index >= 15 is 0 Å². The largest absolute Gasteiger partial charge is 0.489 e. The Hall–Kier alpha value is -3.42. The van der Waals surface area contributed by atoms with Crippen molar-refractivity contribution in [2.45, 2.75) is 13.5 Å². The van der Waals surface area contributed by atoms with Crippen LogP contribution in [-0.4, -0.2) is 16.1 Å².